The van der Waals surface area contributed by atoms with Crippen molar-refractivity contribution in [1.82, 2.24) is 5.32 Å². The zero-order chi connectivity index (χ0) is 11.9. The summed E-state index contributed by atoms with van der Waals surface area (Å²) >= 11 is 0. The first-order valence-corrected chi connectivity index (χ1v) is 6.03. The van der Waals surface area contributed by atoms with Crippen LogP contribution in [0.25, 0.3) is 0 Å². The van der Waals surface area contributed by atoms with Gasteiger partial charge in [0, 0.05) is 5.92 Å². The molecule has 0 radical (unpaired) electrons. The molecule has 2 saturated carbocycles. The largest absolute Gasteiger partial charge is 0.480 e. The molecule has 90 valence electrons. The Labute approximate surface area is 95.4 Å². The van der Waals surface area contributed by atoms with Crippen LogP contribution in [0.3, 0.4) is 0 Å². The number of carboxylic acids is 1. The number of carboxylic acid groups (broad SMARTS) is 1. The minimum absolute atomic E-state index is 0.0182. The maximum absolute atomic E-state index is 11.8. The normalized spacial score (nSPS) is 28.2. The van der Waals surface area contributed by atoms with E-state index in [1.165, 1.54) is 0 Å². The van der Waals surface area contributed by atoms with Crippen molar-refractivity contribution in [2.75, 3.05) is 0 Å². The molecule has 2 N–H and O–H groups in total. The third-order valence-electron chi connectivity index (χ3n) is 4.18. The van der Waals surface area contributed by atoms with Gasteiger partial charge in [0.25, 0.3) is 0 Å². The van der Waals surface area contributed by atoms with Crippen LogP contribution in [0.5, 0.6) is 0 Å². The van der Waals surface area contributed by atoms with Crippen molar-refractivity contribution in [1.29, 1.82) is 0 Å². The van der Waals surface area contributed by atoms with Crippen LogP contribution in [0.15, 0.2) is 0 Å². The number of aliphatic carboxylic acids is 1. The van der Waals surface area contributed by atoms with Gasteiger partial charge in [0.1, 0.15) is 6.04 Å². The van der Waals surface area contributed by atoms with E-state index in [4.69, 9.17) is 5.11 Å². The Balaban J connectivity index is 1.90. The Bertz CT molecular complexity index is 322. The summed E-state index contributed by atoms with van der Waals surface area (Å²) in [5, 5.41) is 11.7. The zero-order valence-corrected chi connectivity index (χ0v) is 9.82. The first-order chi connectivity index (χ1) is 7.50. The molecule has 1 unspecified atom stereocenters. The standard InChI is InChI=1S/C12H19NO3/c1-3-7(2)9(11(15)16)13-10(14)8-6-12(8)4-5-12/h7-9H,3-6H2,1-2H3,(H,13,14)(H,15,16)/t7-,8?,9-/m0/s1. The highest BCUT2D eigenvalue weighted by Gasteiger charge is 2.65. The van der Waals surface area contributed by atoms with Crippen molar-refractivity contribution in [2.45, 2.75) is 45.6 Å². The van der Waals surface area contributed by atoms with Crippen LogP contribution in [0, 0.1) is 17.3 Å². The zero-order valence-electron chi connectivity index (χ0n) is 9.82. The summed E-state index contributed by atoms with van der Waals surface area (Å²) in [5.74, 6) is -0.896. The van der Waals surface area contributed by atoms with Crippen LogP contribution in [-0.2, 0) is 9.59 Å². The van der Waals surface area contributed by atoms with Crippen LogP contribution in [-0.4, -0.2) is 23.0 Å². The van der Waals surface area contributed by atoms with Crippen molar-refractivity contribution in [3.05, 3.63) is 0 Å². The number of nitrogens with one attached hydrogen (secondary N) is 1. The maximum Gasteiger partial charge on any atom is 0.326 e. The molecule has 0 aromatic heterocycles. The fraction of sp³-hybridized carbons (Fsp3) is 0.833. The fourth-order valence-electron chi connectivity index (χ4n) is 2.37. The Morgan fingerprint density at radius 3 is 2.50 bits per heavy atom. The van der Waals surface area contributed by atoms with Gasteiger partial charge in [-0.2, -0.15) is 0 Å². The molecule has 4 nitrogen and oxygen atoms in total. The van der Waals surface area contributed by atoms with E-state index in [2.05, 4.69) is 5.32 Å². The molecule has 16 heavy (non-hydrogen) atoms. The van der Waals surface area contributed by atoms with Gasteiger partial charge in [-0.15, -0.1) is 0 Å². The van der Waals surface area contributed by atoms with Crippen LogP contribution in [0.1, 0.15) is 39.5 Å². The average Bonchev–Trinajstić information content (AvgIpc) is 3.14. The first kappa shape index (κ1) is 11.4. The van der Waals surface area contributed by atoms with Gasteiger partial charge in [0.05, 0.1) is 0 Å². The molecule has 2 rings (SSSR count). The third-order valence-corrected chi connectivity index (χ3v) is 4.18. The predicted octanol–water partition coefficient (Wildman–Crippen LogP) is 1.40. The molecule has 4 heteroatoms. The highest BCUT2D eigenvalue weighted by atomic mass is 16.4. The lowest BCUT2D eigenvalue weighted by Gasteiger charge is -2.20. The van der Waals surface area contributed by atoms with Crippen molar-refractivity contribution in [2.24, 2.45) is 17.3 Å². The molecule has 0 aromatic rings. The van der Waals surface area contributed by atoms with Gasteiger partial charge in [-0.25, -0.2) is 4.79 Å². The molecule has 1 amide bonds. The average molecular weight is 225 g/mol. The summed E-state index contributed by atoms with van der Waals surface area (Å²) in [6, 6.07) is -0.728. The molecule has 2 fully saturated rings. The Kier molecular flexibility index (Phi) is 2.68. The van der Waals surface area contributed by atoms with Crippen LogP contribution >= 0.6 is 0 Å². The van der Waals surface area contributed by atoms with Crippen molar-refractivity contribution in [3.63, 3.8) is 0 Å². The first-order valence-electron chi connectivity index (χ1n) is 6.03. The van der Waals surface area contributed by atoms with Gasteiger partial charge < -0.3 is 10.4 Å². The summed E-state index contributed by atoms with van der Waals surface area (Å²) in [6.07, 6.45) is 4.01. The number of amides is 1. The number of hydrogen-bond donors (Lipinski definition) is 2. The summed E-state index contributed by atoms with van der Waals surface area (Å²) < 4.78 is 0. The van der Waals surface area contributed by atoms with Gasteiger partial charge in [0.2, 0.25) is 5.91 Å². The van der Waals surface area contributed by atoms with Gasteiger partial charge in [-0.05, 0) is 30.6 Å². The second-order valence-corrected chi connectivity index (χ2v) is 5.33. The molecule has 0 saturated heterocycles. The van der Waals surface area contributed by atoms with E-state index in [0.29, 0.717) is 5.41 Å². The highest BCUT2D eigenvalue weighted by molar-refractivity contribution is 5.88. The van der Waals surface area contributed by atoms with Crippen molar-refractivity contribution >= 4 is 11.9 Å². The van der Waals surface area contributed by atoms with Crippen LogP contribution < -0.4 is 5.32 Å². The molecule has 2 aliphatic carbocycles. The second-order valence-electron chi connectivity index (χ2n) is 5.33. The smallest absolute Gasteiger partial charge is 0.326 e. The van der Waals surface area contributed by atoms with Gasteiger partial charge in [-0.1, -0.05) is 20.3 Å². The van der Waals surface area contributed by atoms with E-state index in [9.17, 15) is 9.59 Å². The molecule has 0 heterocycles. The molecule has 3 atom stereocenters. The summed E-state index contributed by atoms with van der Waals surface area (Å²) in [7, 11) is 0. The Hall–Kier alpha value is -1.06. The van der Waals surface area contributed by atoms with Gasteiger partial charge in [0.15, 0.2) is 0 Å². The molecular formula is C12H19NO3. The lowest BCUT2D eigenvalue weighted by molar-refractivity contribution is -0.143. The van der Waals surface area contributed by atoms with E-state index >= 15 is 0 Å². The van der Waals surface area contributed by atoms with E-state index in [1.54, 1.807) is 0 Å². The maximum atomic E-state index is 11.8. The van der Waals surface area contributed by atoms with Crippen molar-refractivity contribution in [3.8, 4) is 0 Å². The van der Waals surface area contributed by atoms with E-state index in [0.717, 1.165) is 25.7 Å². The quantitative estimate of drug-likeness (QED) is 0.743. The molecule has 0 aliphatic heterocycles. The second kappa shape index (κ2) is 3.75. The summed E-state index contributed by atoms with van der Waals surface area (Å²) in [4.78, 5) is 22.9. The number of carbonyl (C=O) groups excluding carboxylic acids is 1. The fourth-order valence-corrected chi connectivity index (χ4v) is 2.37. The molecule has 0 aromatic carbocycles. The third kappa shape index (κ3) is 1.93. The topological polar surface area (TPSA) is 66.4 Å². The summed E-state index contributed by atoms with van der Waals surface area (Å²) in [6.45, 7) is 3.80. The van der Waals surface area contributed by atoms with Crippen LogP contribution in [0.2, 0.25) is 0 Å². The molecule has 1 spiro atoms. The number of hydrogen-bond acceptors (Lipinski definition) is 2. The van der Waals surface area contributed by atoms with Gasteiger partial charge in [-0.3, -0.25) is 4.79 Å². The van der Waals surface area contributed by atoms with Crippen LogP contribution in [0.4, 0.5) is 0 Å². The Morgan fingerprint density at radius 2 is 2.12 bits per heavy atom. The highest BCUT2D eigenvalue weighted by Crippen LogP contribution is 2.70. The number of carbonyl (C=O) groups is 2. The lowest BCUT2D eigenvalue weighted by atomic mass is 9.99. The minimum Gasteiger partial charge on any atom is -0.480 e. The molecular weight excluding hydrogens is 206 g/mol. The molecule has 0 bridgehead atoms. The Morgan fingerprint density at radius 1 is 1.50 bits per heavy atom. The summed E-state index contributed by atoms with van der Waals surface area (Å²) in [5.41, 5.74) is 0.294. The minimum atomic E-state index is -0.923. The lowest BCUT2D eigenvalue weighted by Crippen LogP contribution is -2.45. The van der Waals surface area contributed by atoms with E-state index < -0.39 is 12.0 Å². The van der Waals surface area contributed by atoms with Gasteiger partial charge >= 0.3 is 5.97 Å². The van der Waals surface area contributed by atoms with Crippen molar-refractivity contribution < 1.29 is 14.7 Å². The SMILES string of the molecule is CC[C@H](C)[C@H](NC(=O)C1CC12CC2)C(=O)O. The number of rotatable bonds is 5. The van der Waals surface area contributed by atoms with E-state index in [1.807, 2.05) is 13.8 Å². The predicted molar refractivity (Wildman–Crippen MR) is 58.8 cm³/mol. The van der Waals surface area contributed by atoms with E-state index in [-0.39, 0.29) is 17.7 Å². The monoisotopic (exact) mass is 225 g/mol. The molecule has 2 aliphatic rings.